The number of amides is 2. The van der Waals surface area contributed by atoms with E-state index < -0.39 is 24.4 Å². The molecule has 0 aliphatic carbocycles. The molecular weight excluding hydrogens is 351 g/mol. The van der Waals surface area contributed by atoms with Gasteiger partial charge in [-0.2, -0.15) is 0 Å². The Morgan fingerprint density at radius 1 is 1.23 bits per heavy atom. The number of rotatable bonds is 5. The predicted octanol–water partition coefficient (Wildman–Crippen LogP) is 3.47. The van der Waals surface area contributed by atoms with Gasteiger partial charge in [-0.25, -0.2) is 4.79 Å². The maximum Gasteiger partial charge on any atom is 0.491 e. The molecule has 1 heterocycles. The van der Waals surface area contributed by atoms with Gasteiger partial charge in [-0.15, -0.1) is 0 Å². The van der Waals surface area contributed by atoms with Crippen molar-refractivity contribution in [2.24, 2.45) is 5.73 Å². The van der Waals surface area contributed by atoms with Gasteiger partial charge in [0.15, 0.2) is 5.12 Å². The molecule has 0 saturated carbocycles. The van der Waals surface area contributed by atoms with Gasteiger partial charge >= 0.3 is 13.1 Å². The fourth-order valence-corrected chi connectivity index (χ4v) is 3.01. The molecular formula is C18H25BN2O4S. The molecule has 2 rings (SSSR count). The van der Waals surface area contributed by atoms with Gasteiger partial charge in [0.1, 0.15) is 0 Å². The predicted molar refractivity (Wildman–Crippen MR) is 107 cm³/mol. The average molecular weight is 376 g/mol. The molecule has 1 aromatic carbocycles. The summed E-state index contributed by atoms with van der Waals surface area (Å²) in [6, 6.07) is 6.65. The van der Waals surface area contributed by atoms with Crippen LogP contribution in [0, 0.1) is 0 Å². The number of nitrogens with two attached hydrogens (primary N) is 1. The van der Waals surface area contributed by atoms with Crippen molar-refractivity contribution in [1.29, 1.82) is 0 Å². The van der Waals surface area contributed by atoms with Crippen LogP contribution in [-0.4, -0.2) is 35.2 Å². The standard InChI is InChI=1S/C18H25BN2O4S/c1-12(22)26-11-14(19-24-17(2,3)18(4,5)25-19)9-13-7-6-8-15(10-13)21-16(20)23/h6-10H,11H2,1-5H3,(H3,20,21,23). The average Bonchev–Trinajstić information content (AvgIpc) is 2.71. The summed E-state index contributed by atoms with van der Waals surface area (Å²) in [6.07, 6.45) is 1.92. The lowest BCUT2D eigenvalue weighted by Gasteiger charge is -2.32. The summed E-state index contributed by atoms with van der Waals surface area (Å²) in [6.45, 7) is 9.48. The molecule has 1 aromatic rings. The molecule has 8 heteroatoms. The van der Waals surface area contributed by atoms with Crippen molar-refractivity contribution in [3.05, 3.63) is 35.3 Å². The lowest BCUT2D eigenvalue weighted by atomic mass is 9.78. The Morgan fingerprint density at radius 2 is 1.85 bits per heavy atom. The van der Waals surface area contributed by atoms with Crippen LogP contribution in [0.15, 0.2) is 29.7 Å². The second-order valence-electron chi connectivity index (χ2n) is 7.20. The molecule has 1 aliphatic rings. The van der Waals surface area contributed by atoms with Crippen molar-refractivity contribution < 1.29 is 18.9 Å². The number of hydrogen-bond acceptors (Lipinski definition) is 5. The second-order valence-corrected chi connectivity index (χ2v) is 8.35. The van der Waals surface area contributed by atoms with Crippen LogP contribution >= 0.6 is 11.8 Å². The lowest BCUT2D eigenvalue weighted by molar-refractivity contribution is -0.109. The zero-order chi connectivity index (χ0) is 19.5. The first-order valence-corrected chi connectivity index (χ1v) is 9.35. The summed E-state index contributed by atoms with van der Waals surface area (Å²) in [7, 11) is -0.542. The maximum atomic E-state index is 11.4. The number of anilines is 1. The molecule has 0 atom stereocenters. The quantitative estimate of drug-likeness (QED) is 0.768. The van der Waals surface area contributed by atoms with Gasteiger partial charge in [-0.3, -0.25) is 4.79 Å². The molecule has 0 unspecified atom stereocenters. The minimum absolute atomic E-state index is 0.0246. The number of thioether (sulfide) groups is 1. The first-order chi connectivity index (χ1) is 12.0. The van der Waals surface area contributed by atoms with E-state index in [2.05, 4.69) is 5.32 Å². The normalized spacial score (nSPS) is 18.7. The van der Waals surface area contributed by atoms with E-state index in [-0.39, 0.29) is 5.12 Å². The number of primary amides is 1. The first kappa shape index (κ1) is 20.5. The minimum atomic E-state index is -0.621. The van der Waals surface area contributed by atoms with E-state index in [0.717, 1.165) is 11.0 Å². The Morgan fingerprint density at radius 3 is 2.38 bits per heavy atom. The Hall–Kier alpha value is -1.77. The van der Waals surface area contributed by atoms with Crippen LogP contribution in [0.25, 0.3) is 6.08 Å². The topological polar surface area (TPSA) is 90.7 Å². The van der Waals surface area contributed by atoms with E-state index in [0.29, 0.717) is 11.4 Å². The highest BCUT2D eigenvalue weighted by Crippen LogP contribution is 2.39. The van der Waals surface area contributed by atoms with E-state index >= 15 is 0 Å². The zero-order valence-corrected chi connectivity index (χ0v) is 16.6. The molecule has 140 valence electrons. The molecule has 1 aliphatic heterocycles. The third-order valence-corrected chi connectivity index (χ3v) is 5.39. The smallest absolute Gasteiger partial charge is 0.400 e. The summed E-state index contributed by atoms with van der Waals surface area (Å²) in [4.78, 5) is 22.5. The molecule has 0 bridgehead atoms. The monoisotopic (exact) mass is 376 g/mol. The van der Waals surface area contributed by atoms with Crippen LogP contribution in [0.4, 0.5) is 10.5 Å². The largest absolute Gasteiger partial charge is 0.491 e. The van der Waals surface area contributed by atoms with Crippen LogP contribution in [0.5, 0.6) is 0 Å². The van der Waals surface area contributed by atoms with E-state index in [1.807, 2.05) is 45.9 Å². The molecule has 3 N–H and O–H groups in total. The number of benzene rings is 1. The lowest BCUT2D eigenvalue weighted by Crippen LogP contribution is -2.41. The highest BCUT2D eigenvalue weighted by atomic mass is 32.2. The van der Waals surface area contributed by atoms with Gasteiger partial charge < -0.3 is 20.4 Å². The van der Waals surface area contributed by atoms with Gasteiger partial charge in [-0.1, -0.05) is 30.0 Å². The summed E-state index contributed by atoms with van der Waals surface area (Å²) in [5.74, 6) is 0.458. The Bertz CT molecular complexity index is 718. The third-order valence-electron chi connectivity index (χ3n) is 4.50. The van der Waals surface area contributed by atoms with Crippen molar-refractivity contribution in [3.8, 4) is 0 Å². The first-order valence-electron chi connectivity index (χ1n) is 8.36. The summed E-state index contributed by atoms with van der Waals surface area (Å²) < 4.78 is 12.2. The number of carbonyl (C=O) groups excluding carboxylic acids is 2. The molecule has 2 amide bonds. The second kappa shape index (κ2) is 7.86. The van der Waals surface area contributed by atoms with Crippen LogP contribution in [0.2, 0.25) is 0 Å². The molecule has 0 spiro atoms. The number of nitrogens with one attached hydrogen (secondary N) is 1. The van der Waals surface area contributed by atoms with Crippen molar-refractivity contribution in [2.75, 3.05) is 11.1 Å². The molecule has 1 fully saturated rings. The Labute approximate surface area is 159 Å². The van der Waals surface area contributed by atoms with Crippen molar-refractivity contribution in [1.82, 2.24) is 0 Å². The third kappa shape index (κ3) is 5.12. The molecule has 26 heavy (non-hydrogen) atoms. The highest BCUT2D eigenvalue weighted by Gasteiger charge is 2.52. The minimum Gasteiger partial charge on any atom is -0.400 e. The SMILES string of the molecule is CC(=O)SCC(=Cc1cccc(NC(N)=O)c1)B1OC(C)(C)C(C)(C)O1. The van der Waals surface area contributed by atoms with Crippen LogP contribution in [-0.2, 0) is 14.1 Å². The maximum absolute atomic E-state index is 11.4. The number of hydrogen-bond donors (Lipinski definition) is 2. The fraction of sp³-hybridized carbons (Fsp3) is 0.444. The number of carbonyl (C=O) groups is 2. The fourth-order valence-electron chi connectivity index (χ4n) is 2.42. The molecule has 1 saturated heterocycles. The zero-order valence-electron chi connectivity index (χ0n) is 15.8. The van der Waals surface area contributed by atoms with Gasteiger partial charge in [0.2, 0.25) is 0 Å². The van der Waals surface area contributed by atoms with Crippen LogP contribution in [0.3, 0.4) is 0 Å². The molecule has 6 nitrogen and oxygen atoms in total. The van der Waals surface area contributed by atoms with Crippen molar-refractivity contribution in [3.63, 3.8) is 0 Å². The number of urea groups is 1. The summed E-state index contributed by atoms with van der Waals surface area (Å²) in [5.41, 5.74) is 6.53. The van der Waals surface area contributed by atoms with E-state index in [1.54, 1.807) is 12.1 Å². The Balaban J connectivity index is 2.31. The van der Waals surface area contributed by atoms with Crippen LogP contribution in [0.1, 0.15) is 40.2 Å². The summed E-state index contributed by atoms with van der Waals surface area (Å²) in [5, 5.41) is 2.58. The molecule has 0 aromatic heterocycles. The van der Waals surface area contributed by atoms with Gasteiger partial charge in [0, 0.05) is 18.4 Å². The Kier molecular flexibility index (Phi) is 6.21. The van der Waals surface area contributed by atoms with Crippen LogP contribution < -0.4 is 11.1 Å². The van der Waals surface area contributed by atoms with E-state index in [1.165, 1.54) is 18.7 Å². The summed E-state index contributed by atoms with van der Waals surface area (Å²) >= 11 is 1.20. The van der Waals surface area contributed by atoms with E-state index in [9.17, 15) is 9.59 Å². The van der Waals surface area contributed by atoms with Crippen molar-refractivity contribution in [2.45, 2.75) is 45.8 Å². The van der Waals surface area contributed by atoms with Crippen molar-refractivity contribution >= 4 is 41.8 Å². The highest BCUT2D eigenvalue weighted by molar-refractivity contribution is 8.13. The van der Waals surface area contributed by atoms with Gasteiger partial charge in [-0.05, 0) is 50.9 Å². The molecule has 0 radical (unpaired) electrons. The van der Waals surface area contributed by atoms with Gasteiger partial charge in [0.05, 0.1) is 11.2 Å². The van der Waals surface area contributed by atoms with E-state index in [4.69, 9.17) is 15.0 Å². The van der Waals surface area contributed by atoms with Gasteiger partial charge in [0.25, 0.3) is 0 Å².